The first kappa shape index (κ1) is 25.6. The van der Waals surface area contributed by atoms with Crippen LogP contribution in [0.2, 0.25) is 0 Å². The molecule has 0 saturated heterocycles. The second-order valence-corrected chi connectivity index (χ2v) is 9.21. The van der Waals surface area contributed by atoms with Crippen LogP contribution >= 0.6 is 0 Å². The first-order valence-electron chi connectivity index (χ1n) is 12.7. The number of ketones is 1. The third kappa shape index (κ3) is 6.38. The van der Waals surface area contributed by atoms with Crippen LogP contribution in [0.15, 0.2) is 71.3 Å². The van der Waals surface area contributed by atoms with Gasteiger partial charge in [-0.2, -0.15) is 0 Å². The van der Waals surface area contributed by atoms with Gasteiger partial charge in [0.1, 0.15) is 5.78 Å². The maximum absolute atomic E-state index is 11.7. The summed E-state index contributed by atoms with van der Waals surface area (Å²) in [5, 5.41) is 1.02. The summed E-state index contributed by atoms with van der Waals surface area (Å²) < 4.78 is 12.0. The van der Waals surface area contributed by atoms with Gasteiger partial charge in [-0.3, -0.25) is 9.69 Å². The van der Waals surface area contributed by atoms with Gasteiger partial charge in [0.25, 0.3) is 0 Å². The van der Waals surface area contributed by atoms with Crippen molar-refractivity contribution < 1.29 is 13.9 Å². The van der Waals surface area contributed by atoms with Gasteiger partial charge in [0.15, 0.2) is 5.76 Å². The smallest absolute Gasteiger partial charge is 0.224 e. The van der Waals surface area contributed by atoms with Gasteiger partial charge in [-0.15, -0.1) is 0 Å². The van der Waals surface area contributed by atoms with Gasteiger partial charge in [0, 0.05) is 24.8 Å². The van der Waals surface area contributed by atoms with Crippen LogP contribution in [-0.4, -0.2) is 34.8 Å². The number of fused-ring (bicyclic) bond motifs is 1. The summed E-state index contributed by atoms with van der Waals surface area (Å²) in [7, 11) is 3.73. The molecule has 2 aromatic heterocycles. The van der Waals surface area contributed by atoms with Crippen molar-refractivity contribution in [3.63, 3.8) is 0 Å². The Labute approximate surface area is 213 Å². The number of rotatable bonds is 13. The number of methoxy groups -OCH3 is 1. The molecule has 0 fully saturated rings. The Hall–Kier alpha value is -3.51. The second-order valence-electron chi connectivity index (χ2n) is 9.21. The highest BCUT2D eigenvalue weighted by Crippen LogP contribution is 2.35. The van der Waals surface area contributed by atoms with Crippen LogP contribution in [-0.2, 0) is 11.3 Å². The lowest BCUT2D eigenvalue weighted by Crippen LogP contribution is -2.24. The van der Waals surface area contributed by atoms with Crippen molar-refractivity contribution in [2.45, 2.75) is 58.0 Å². The summed E-state index contributed by atoms with van der Waals surface area (Å²) in [5.74, 6) is 2.18. The Morgan fingerprint density at radius 3 is 2.61 bits per heavy atom. The molecule has 0 amide bonds. The number of hydrogen-bond acceptors (Lipinski definition) is 6. The van der Waals surface area contributed by atoms with Gasteiger partial charge in [0.2, 0.25) is 11.8 Å². The summed E-state index contributed by atoms with van der Waals surface area (Å²) >= 11 is 0. The summed E-state index contributed by atoms with van der Waals surface area (Å²) in [5.41, 5.74) is 2.91. The third-order valence-electron chi connectivity index (χ3n) is 6.59. The number of Topliss-reactive ketones (excluding diaryl/α,β-unsaturated/α-hetero) is 1. The minimum absolute atomic E-state index is 0.0141. The molecule has 1 unspecified atom stereocenters. The Balaban J connectivity index is 1.56. The predicted octanol–water partition coefficient (Wildman–Crippen LogP) is 7.00. The van der Waals surface area contributed by atoms with Crippen molar-refractivity contribution in [1.82, 2.24) is 14.9 Å². The summed E-state index contributed by atoms with van der Waals surface area (Å²) in [6.07, 6.45) is 6.90. The van der Waals surface area contributed by atoms with E-state index in [9.17, 15) is 4.79 Å². The minimum atomic E-state index is 0.0141. The van der Waals surface area contributed by atoms with Crippen LogP contribution < -0.4 is 4.74 Å². The molecular weight excluding hydrogens is 450 g/mol. The van der Waals surface area contributed by atoms with Crippen molar-refractivity contribution in [2.75, 3.05) is 14.2 Å². The van der Waals surface area contributed by atoms with Gasteiger partial charge < -0.3 is 9.15 Å². The van der Waals surface area contributed by atoms with E-state index < -0.39 is 0 Å². The van der Waals surface area contributed by atoms with E-state index in [0.717, 1.165) is 48.7 Å². The van der Waals surface area contributed by atoms with Gasteiger partial charge in [-0.05, 0) is 37.6 Å². The Kier molecular flexibility index (Phi) is 8.85. The molecule has 4 rings (SSSR count). The Morgan fingerprint density at radius 1 is 1.06 bits per heavy atom. The molecule has 4 aromatic rings. The van der Waals surface area contributed by atoms with Crippen LogP contribution in [0, 0.1) is 0 Å². The fourth-order valence-corrected chi connectivity index (χ4v) is 4.52. The number of ether oxygens (including phenoxy) is 1. The van der Waals surface area contributed by atoms with Crippen LogP contribution in [0.3, 0.4) is 0 Å². The van der Waals surface area contributed by atoms with E-state index in [2.05, 4.69) is 41.2 Å². The van der Waals surface area contributed by atoms with Gasteiger partial charge >= 0.3 is 0 Å². The quantitative estimate of drug-likeness (QED) is 0.190. The molecule has 36 heavy (non-hydrogen) atoms. The molecule has 1 atom stereocenters. The van der Waals surface area contributed by atoms with Gasteiger partial charge in [-0.1, -0.05) is 68.3 Å². The maximum Gasteiger partial charge on any atom is 0.224 e. The number of benzene rings is 2. The average Bonchev–Trinajstić information content (AvgIpc) is 3.39. The largest absolute Gasteiger partial charge is 0.480 e. The van der Waals surface area contributed by atoms with E-state index in [-0.39, 0.29) is 6.04 Å². The molecule has 0 aliphatic heterocycles. The fourth-order valence-electron chi connectivity index (χ4n) is 4.52. The van der Waals surface area contributed by atoms with Crippen LogP contribution in [0.1, 0.15) is 62.9 Å². The molecule has 0 spiro atoms. The van der Waals surface area contributed by atoms with Gasteiger partial charge in [-0.25, -0.2) is 9.97 Å². The molecule has 0 bridgehead atoms. The van der Waals surface area contributed by atoms with E-state index in [1.54, 1.807) is 13.3 Å². The highest BCUT2D eigenvalue weighted by atomic mass is 16.5. The van der Waals surface area contributed by atoms with Crippen molar-refractivity contribution in [3.05, 3.63) is 78.3 Å². The topological polar surface area (TPSA) is 68.5 Å². The second kappa shape index (κ2) is 12.5. The van der Waals surface area contributed by atoms with Crippen LogP contribution in [0.5, 0.6) is 5.88 Å². The normalized spacial score (nSPS) is 12.2. The number of unbranched alkanes of at least 4 members (excludes halogenated alkanes) is 2. The molecule has 188 valence electrons. The molecule has 0 aliphatic rings. The Bertz CT molecular complexity index is 1270. The van der Waals surface area contributed by atoms with Crippen molar-refractivity contribution in [2.24, 2.45) is 0 Å². The lowest BCUT2D eigenvalue weighted by atomic mass is 10.0. The Morgan fingerprint density at radius 2 is 1.83 bits per heavy atom. The molecule has 6 nitrogen and oxygen atoms in total. The number of aromatic nitrogens is 2. The SMILES string of the molecule is CCC(=O)CCCCCC(c1ncc(-c2cc3ccccc3nc2OC)o1)N(C)Cc1ccccc1. The summed E-state index contributed by atoms with van der Waals surface area (Å²) in [4.78, 5) is 23.3. The molecule has 2 heterocycles. The molecule has 0 saturated carbocycles. The van der Waals surface area contributed by atoms with E-state index in [1.165, 1.54) is 5.56 Å². The zero-order chi connectivity index (χ0) is 25.3. The van der Waals surface area contributed by atoms with E-state index in [4.69, 9.17) is 14.1 Å². The molecule has 0 N–H and O–H groups in total. The number of hydrogen-bond donors (Lipinski definition) is 0. The standard InChI is InChI=1S/C30H35N3O3/c1-4-24(34)16-9-6-10-18-27(33(2)21-22-13-7-5-8-14-22)30-31-20-28(36-30)25-19-23-15-11-12-17-26(23)32-29(25)35-3/h5,7-8,11-15,17,19-20,27H,4,6,9-10,16,18,21H2,1-3H3. The van der Waals surface area contributed by atoms with E-state index in [1.807, 2.05) is 43.3 Å². The molecule has 6 heteroatoms. The highest BCUT2D eigenvalue weighted by molar-refractivity contribution is 5.85. The molecule has 0 radical (unpaired) electrons. The number of para-hydroxylation sites is 1. The van der Waals surface area contributed by atoms with Crippen LogP contribution in [0.4, 0.5) is 0 Å². The zero-order valence-corrected chi connectivity index (χ0v) is 21.4. The monoisotopic (exact) mass is 485 g/mol. The number of pyridine rings is 1. The number of nitrogens with zero attached hydrogens (tertiary/aromatic N) is 3. The zero-order valence-electron chi connectivity index (χ0n) is 21.4. The average molecular weight is 486 g/mol. The van der Waals surface area contributed by atoms with E-state index in [0.29, 0.717) is 36.2 Å². The van der Waals surface area contributed by atoms with Gasteiger partial charge in [0.05, 0.1) is 30.4 Å². The minimum Gasteiger partial charge on any atom is -0.480 e. The highest BCUT2D eigenvalue weighted by Gasteiger charge is 2.24. The van der Waals surface area contributed by atoms with Crippen LogP contribution in [0.25, 0.3) is 22.2 Å². The lowest BCUT2D eigenvalue weighted by molar-refractivity contribution is -0.118. The third-order valence-corrected chi connectivity index (χ3v) is 6.59. The van der Waals surface area contributed by atoms with Crippen molar-refractivity contribution in [1.29, 1.82) is 0 Å². The number of carbonyl (C=O) groups is 1. The lowest BCUT2D eigenvalue weighted by Gasteiger charge is -2.26. The maximum atomic E-state index is 11.7. The fraction of sp³-hybridized carbons (Fsp3) is 0.367. The first-order valence-corrected chi connectivity index (χ1v) is 12.7. The van der Waals surface area contributed by atoms with Crippen molar-refractivity contribution >= 4 is 16.7 Å². The summed E-state index contributed by atoms with van der Waals surface area (Å²) in [6, 6.07) is 20.4. The van der Waals surface area contributed by atoms with E-state index >= 15 is 0 Å². The molecular formula is C30H35N3O3. The molecule has 2 aromatic carbocycles. The number of carbonyl (C=O) groups excluding carboxylic acids is 1. The van der Waals surface area contributed by atoms with Crippen molar-refractivity contribution in [3.8, 4) is 17.2 Å². The predicted molar refractivity (Wildman–Crippen MR) is 143 cm³/mol. The first-order chi connectivity index (χ1) is 17.6. The number of oxazole rings is 1. The molecule has 0 aliphatic carbocycles. The summed E-state index contributed by atoms with van der Waals surface area (Å²) in [6.45, 7) is 2.72.